The highest BCUT2D eigenvalue weighted by atomic mass is 32.2. The molecule has 196 valence electrons. The maximum Gasteiger partial charge on any atom is 0.326 e. The minimum atomic E-state index is -4.21. The van der Waals surface area contributed by atoms with Crippen molar-refractivity contribution in [2.24, 2.45) is 0 Å². The molecule has 0 radical (unpaired) electrons. The number of aromatic amines is 1. The van der Waals surface area contributed by atoms with Crippen LogP contribution >= 0.6 is 0 Å². The van der Waals surface area contributed by atoms with Gasteiger partial charge in [0.25, 0.3) is 0 Å². The zero-order valence-corrected chi connectivity index (χ0v) is 21.0. The van der Waals surface area contributed by atoms with Gasteiger partial charge in [-0.2, -0.15) is 0 Å². The molecule has 1 unspecified atom stereocenters. The van der Waals surface area contributed by atoms with Crippen LogP contribution in [0.2, 0.25) is 0 Å². The predicted octanol–water partition coefficient (Wildman–Crippen LogP) is 4.22. The number of ether oxygens (including phenoxy) is 1. The highest BCUT2D eigenvalue weighted by molar-refractivity contribution is 7.89. The van der Waals surface area contributed by atoms with E-state index in [2.05, 4.69) is 25.3 Å². The number of hydrogen-bond donors (Lipinski definition) is 5. The molecule has 4 rings (SSSR count). The van der Waals surface area contributed by atoms with Crippen molar-refractivity contribution in [2.45, 2.75) is 17.4 Å². The van der Waals surface area contributed by atoms with Gasteiger partial charge in [-0.15, -0.1) is 0 Å². The summed E-state index contributed by atoms with van der Waals surface area (Å²) in [5.74, 6) is -0.772. The van der Waals surface area contributed by atoms with Crippen molar-refractivity contribution in [1.29, 1.82) is 0 Å². The summed E-state index contributed by atoms with van der Waals surface area (Å²) in [6.45, 7) is 0. The van der Waals surface area contributed by atoms with Crippen LogP contribution in [0.5, 0.6) is 5.75 Å². The summed E-state index contributed by atoms with van der Waals surface area (Å²) >= 11 is 0. The first-order chi connectivity index (χ1) is 18.2. The summed E-state index contributed by atoms with van der Waals surface area (Å²) < 4.78 is 34.7. The van der Waals surface area contributed by atoms with Gasteiger partial charge < -0.3 is 20.1 Å². The van der Waals surface area contributed by atoms with Crippen LogP contribution in [0.25, 0.3) is 11.1 Å². The molecule has 5 N–H and O–H groups in total. The van der Waals surface area contributed by atoms with Crippen molar-refractivity contribution < 1.29 is 27.9 Å². The van der Waals surface area contributed by atoms with Crippen LogP contribution in [0, 0.1) is 0 Å². The van der Waals surface area contributed by atoms with Crippen LogP contribution in [0.3, 0.4) is 0 Å². The van der Waals surface area contributed by atoms with Gasteiger partial charge in [-0.3, -0.25) is 10.1 Å². The van der Waals surface area contributed by atoms with E-state index in [9.17, 15) is 23.1 Å². The molecular formula is C26H25N5O6S. The Kier molecular flexibility index (Phi) is 8.04. The highest BCUT2D eigenvalue weighted by Crippen LogP contribution is 2.32. The second-order valence-electron chi connectivity index (χ2n) is 8.15. The van der Waals surface area contributed by atoms with E-state index in [4.69, 9.17) is 4.74 Å². The number of carbonyl (C=O) groups is 2. The van der Waals surface area contributed by atoms with E-state index in [0.717, 1.165) is 0 Å². The molecule has 0 saturated carbocycles. The van der Waals surface area contributed by atoms with Crippen molar-refractivity contribution in [1.82, 2.24) is 14.7 Å². The molecule has 0 aliphatic carbocycles. The first-order valence-electron chi connectivity index (χ1n) is 11.4. The van der Waals surface area contributed by atoms with Crippen LogP contribution in [0.4, 0.5) is 16.4 Å². The maximum absolute atomic E-state index is 13.5. The lowest BCUT2D eigenvalue weighted by molar-refractivity contribution is -0.137. The number of hydrogen-bond acceptors (Lipinski definition) is 6. The molecule has 11 nitrogen and oxygen atoms in total. The fourth-order valence-corrected chi connectivity index (χ4v) is 5.20. The van der Waals surface area contributed by atoms with Crippen molar-refractivity contribution in [3.8, 4) is 16.9 Å². The number of urea groups is 1. The van der Waals surface area contributed by atoms with Crippen LogP contribution in [-0.4, -0.2) is 42.6 Å². The number of nitrogens with one attached hydrogen (secondary N) is 4. The third-order valence-electron chi connectivity index (χ3n) is 5.52. The number of carbonyl (C=O) groups excluding carboxylic acids is 1. The topological polar surface area (TPSA) is 163 Å². The molecule has 0 saturated heterocycles. The Hall–Kier alpha value is -4.68. The smallest absolute Gasteiger partial charge is 0.326 e. The van der Waals surface area contributed by atoms with E-state index in [1.165, 1.54) is 25.4 Å². The van der Waals surface area contributed by atoms with Crippen molar-refractivity contribution >= 4 is 33.7 Å². The molecular weight excluding hydrogens is 510 g/mol. The number of carboxylic acids is 1. The Morgan fingerprint density at radius 1 is 1.00 bits per heavy atom. The number of sulfonamides is 1. The molecule has 0 aliphatic heterocycles. The quantitative estimate of drug-likeness (QED) is 0.203. The first kappa shape index (κ1) is 26.4. The fraction of sp³-hybridized carbons (Fsp3) is 0.115. The Morgan fingerprint density at radius 3 is 2.45 bits per heavy atom. The van der Waals surface area contributed by atoms with Crippen LogP contribution in [-0.2, 0) is 14.8 Å². The lowest BCUT2D eigenvalue weighted by atomic mass is 10.0. The molecule has 0 aliphatic rings. The molecule has 0 bridgehead atoms. The van der Waals surface area contributed by atoms with E-state index < -0.39 is 34.5 Å². The molecule has 12 heteroatoms. The number of benzene rings is 3. The average molecular weight is 536 g/mol. The lowest BCUT2D eigenvalue weighted by Gasteiger charge is -2.19. The number of aromatic nitrogens is 2. The Balaban J connectivity index is 1.62. The Labute approximate surface area is 218 Å². The van der Waals surface area contributed by atoms with Gasteiger partial charge in [0.05, 0.1) is 19.6 Å². The van der Waals surface area contributed by atoms with E-state index in [1.807, 2.05) is 0 Å². The van der Waals surface area contributed by atoms with Gasteiger partial charge in [0.15, 0.2) is 0 Å². The molecule has 1 aromatic heterocycles. The summed E-state index contributed by atoms with van der Waals surface area (Å²) in [6, 6.07) is 18.5. The largest absolute Gasteiger partial charge is 0.495 e. The first-order valence-corrected chi connectivity index (χ1v) is 12.9. The third-order valence-corrected chi connectivity index (χ3v) is 7.01. The zero-order valence-electron chi connectivity index (χ0n) is 20.2. The zero-order chi connectivity index (χ0) is 27.1. The number of methoxy groups -OCH3 is 1. The lowest BCUT2D eigenvalue weighted by Crippen LogP contribution is -2.30. The summed E-state index contributed by atoms with van der Waals surface area (Å²) in [4.78, 5) is 30.3. The second-order valence-corrected chi connectivity index (χ2v) is 9.83. The number of carboxylic acid groups (broad SMARTS) is 1. The number of imidazole rings is 1. The third kappa shape index (κ3) is 6.55. The Bertz CT molecular complexity index is 1520. The molecule has 1 atom stereocenters. The normalized spacial score (nSPS) is 11.9. The van der Waals surface area contributed by atoms with Gasteiger partial charge >= 0.3 is 12.0 Å². The molecule has 2 amide bonds. The van der Waals surface area contributed by atoms with E-state index in [0.29, 0.717) is 22.4 Å². The van der Waals surface area contributed by atoms with E-state index >= 15 is 0 Å². The second kappa shape index (κ2) is 11.6. The summed E-state index contributed by atoms with van der Waals surface area (Å²) in [6.07, 6.45) is 2.63. The minimum Gasteiger partial charge on any atom is -0.495 e. The van der Waals surface area contributed by atoms with Crippen molar-refractivity contribution in [3.05, 3.63) is 90.8 Å². The van der Waals surface area contributed by atoms with Gasteiger partial charge in [0.1, 0.15) is 10.6 Å². The summed E-state index contributed by atoms with van der Waals surface area (Å²) in [5.41, 5.74) is 2.15. The number of aliphatic carboxylic acids is 1. The van der Waals surface area contributed by atoms with Crippen LogP contribution in [0.15, 0.2) is 90.1 Å². The maximum atomic E-state index is 13.5. The monoisotopic (exact) mass is 535 g/mol. The number of amides is 2. The number of H-pyrrole nitrogens is 1. The van der Waals surface area contributed by atoms with E-state index in [1.54, 1.807) is 66.9 Å². The number of nitrogens with zero attached hydrogens (tertiary/aromatic N) is 1. The summed E-state index contributed by atoms with van der Waals surface area (Å²) in [7, 11) is -2.86. The molecule has 38 heavy (non-hydrogen) atoms. The average Bonchev–Trinajstić information content (AvgIpc) is 3.41. The van der Waals surface area contributed by atoms with Crippen molar-refractivity contribution in [2.75, 3.05) is 17.7 Å². The number of rotatable bonds is 10. The van der Waals surface area contributed by atoms with Crippen LogP contribution < -0.4 is 20.1 Å². The SMILES string of the molecule is COc1ccc(-c2cccc(NC(=O)Nc3ncc[nH]3)c2)cc1S(=O)(=O)NC(CC(=O)O)c1ccccc1. The van der Waals surface area contributed by atoms with Gasteiger partial charge in [-0.05, 0) is 41.0 Å². The summed E-state index contributed by atoms with van der Waals surface area (Å²) in [5, 5.41) is 14.6. The fourth-order valence-electron chi connectivity index (χ4n) is 3.78. The van der Waals surface area contributed by atoms with Gasteiger partial charge in [-0.25, -0.2) is 22.9 Å². The minimum absolute atomic E-state index is 0.0930. The highest BCUT2D eigenvalue weighted by Gasteiger charge is 2.27. The standard InChI is InChI=1S/C26H25N5O6S/c1-37-22-11-10-19(18-8-5-9-20(14-18)29-26(34)30-25-27-12-13-28-25)15-23(22)38(35,36)31-21(16-24(32)33)17-6-3-2-4-7-17/h2-15,21,31H,16H2,1H3,(H,32,33)(H3,27,28,29,30,34). The van der Waals surface area contributed by atoms with Gasteiger partial charge in [0.2, 0.25) is 16.0 Å². The molecule has 0 fully saturated rings. The molecule has 1 heterocycles. The molecule has 0 spiro atoms. The molecule has 4 aromatic rings. The van der Waals surface area contributed by atoms with Gasteiger partial charge in [-0.1, -0.05) is 48.5 Å². The predicted molar refractivity (Wildman–Crippen MR) is 141 cm³/mol. The number of anilines is 2. The molecule has 3 aromatic carbocycles. The van der Waals surface area contributed by atoms with E-state index in [-0.39, 0.29) is 16.6 Å². The van der Waals surface area contributed by atoms with Crippen molar-refractivity contribution in [3.63, 3.8) is 0 Å². The Morgan fingerprint density at radius 2 is 1.76 bits per heavy atom. The van der Waals surface area contributed by atoms with Crippen LogP contribution in [0.1, 0.15) is 18.0 Å². The van der Waals surface area contributed by atoms with Gasteiger partial charge in [0, 0.05) is 18.1 Å².